The van der Waals surface area contributed by atoms with E-state index in [-0.39, 0.29) is 5.91 Å². The molecular weight excluding hydrogens is 441 g/mol. The van der Waals surface area contributed by atoms with E-state index in [9.17, 15) is 4.79 Å². The quantitative estimate of drug-likeness (QED) is 0.521. The van der Waals surface area contributed by atoms with Crippen molar-refractivity contribution in [1.29, 1.82) is 0 Å². The standard InChI is InChI=1S/C22H23Cl2N3O2S/c1-14-9-19-20(10-15(14)2)30-22(25-19)27(4-3-26-5-7-29-8-6-26)21(28)16-11-17(23)13-18(24)12-16/h9-13H,3-8H2,1-2H3. The van der Waals surface area contributed by atoms with Crippen LogP contribution in [0.5, 0.6) is 0 Å². The fourth-order valence-corrected chi connectivity index (χ4v) is 5.06. The second-order valence-corrected chi connectivity index (χ2v) is 9.35. The van der Waals surface area contributed by atoms with Crippen molar-refractivity contribution in [2.45, 2.75) is 13.8 Å². The summed E-state index contributed by atoms with van der Waals surface area (Å²) >= 11 is 13.8. The molecule has 0 saturated carbocycles. The number of morpholine rings is 1. The molecule has 3 aromatic rings. The van der Waals surface area contributed by atoms with Gasteiger partial charge in [0.2, 0.25) is 0 Å². The summed E-state index contributed by atoms with van der Waals surface area (Å²) in [5, 5.41) is 1.56. The molecule has 2 aromatic carbocycles. The zero-order valence-electron chi connectivity index (χ0n) is 17.0. The summed E-state index contributed by atoms with van der Waals surface area (Å²) in [5.41, 5.74) is 3.77. The van der Waals surface area contributed by atoms with Crippen molar-refractivity contribution in [3.8, 4) is 0 Å². The van der Waals surface area contributed by atoms with E-state index in [0.29, 0.717) is 27.3 Å². The Labute approximate surface area is 190 Å². The minimum absolute atomic E-state index is 0.153. The number of carbonyl (C=O) groups excluding carboxylic acids is 1. The lowest BCUT2D eigenvalue weighted by Crippen LogP contribution is -2.43. The van der Waals surface area contributed by atoms with Crippen molar-refractivity contribution >= 4 is 55.8 Å². The lowest BCUT2D eigenvalue weighted by molar-refractivity contribution is 0.0391. The molecule has 1 aromatic heterocycles. The maximum Gasteiger partial charge on any atom is 0.260 e. The van der Waals surface area contributed by atoms with Gasteiger partial charge >= 0.3 is 0 Å². The van der Waals surface area contributed by atoms with Crippen LogP contribution in [0.1, 0.15) is 21.5 Å². The summed E-state index contributed by atoms with van der Waals surface area (Å²) < 4.78 is 6.51. The Morgan fingerprint density at radius 3 is 2.47 bits per heavy atom. The molecule has 0 aliphatic carbocycles. The summed E-state index contributed by atoms with van der Waals surface area (Å²) in [6, 6.07) is 9.14. The van der Waals surface area contributed by atoms with Gasteiger partial charge in [0, 0.05) is 41.8 Å². The number of aryl methyl sites for hydroxylation is 2. The third-order valence-electron chi connectivity index (χ3n) is 5.32. The highest BCUT2D eigenvalue weighted by Crippen LogP contribution is 2.32. The molecule has 1 fully saturated rings. The molecule has 8 heteroatoms. The molecule has 1 saturated heterocycles. The second-order valence-electron chi connectivity index (χ2n) is 7.47. The number of rotatable bonds is 5. The van der Waals surface area contributed by atoms with Gasteiger partial charge in [-0.25, -0.2) is 4.98 Å². The van der Waals surface area contributed by atoms with E-state index in [1.54, 1.807) is 23.1 Å². The molecule has 158 valence electrons. The highest BCUT2D eigenvalue weighted by Gasteiger charge is 2.23. The number of halogens is 2. The number of carbonyl (C=O) groups is 1. The van der Waals surface area contributed by atoms with Crippen LogP contribution in [0.2, 0.25) is 10.0 Å². The fourth-order valence-electron chi connectivity index (χ4n) is 3.47. The normalized spacial score (nSPS) is 14.9. The van der Waals surface area contributed by atoms with E-state index in [2.05, 4.69) is 30.9 Å². The summed E-state index contributed by atoms with van der Waals surface area (Å²) in [6.45, 7) is 8.60. The van der Waals surface area contributed by atoms with Gasteiger partial charge in [-0.1, -0.05) is 34.5 Å². The van der Waals surface area contributed by atoms with Crippen LogP contribution in [-0.4, -0.2) is 55.2 Å². The summed E-state index contributed by atoms with van der Waals surface area (Å²) in [4.78, 5) is 22.3. The Morgan fingerprint density at radius 1 is 1.10 bits per heavy atom. The Kier molecular flexibility index (Phi) is 6.60. The number of thiazole rings is 1. The number of amides is 1. The van der Waals surface area contributed by atoms with E-state index < -0.39 is 0 Å². The van der Waals surface area contributed by atoms with Crippen LogP contribution in [0, 0.1) is 13.8 Å². The number of benzene rings is 2. The fraction of sp³-hybridized carbons (Fsp3) is 0.364. The third kappa shape index (κ3) is 4.79. The smallest absolute Gasteiger partial charge is 0.260 e. The topological polar surface area (TPSA) is 45.7 Å². The average Bonchev–Trinajstić information content (AvgIpc) is 3.10. The molecule has 0 unspecified atom stereocenters. The third-order valence-corrected chi connectivity index (χ3v) is 6.80. The molecule has 0 atom stereocenters. The predicted octanol–water partition coefficient (Wildman–Crippen LogP) is 5.20. The van der Waals surface area contributed by atoms with Gasteiger partial charge in [0.15, 0.2) is 5.13 Å². The zero-order chi connectivity index (χ0) is 21.3. The van der Waals surface area contributed by atoms with Gasteiger partial charge in [-0.3, -0.25) is 14.6 Å². The van der Waals surface area contributed by atoms with Crippen molar-refractivity contribution < 1.29 is 9.53 Å². The maximum absolute atomic E-state index is 13.5. The lowest BCUT2D eigenvalue weighted by atomic mass is 10.1. The molecule has 1 aliphatic rings. The van der Waals surface area contributed by atoms with Crippen molar-refractivity contribution in [3.05, 3.63) is 57.1 Å². The first-order chi connectivity index (χ1) is 14.4. The molecular formula is C22H23Cl2N3O2S. The number of fused-ring (bicyclic) bond motifs is 1. The van der Waals surface area contributed by atoms with Crippen molar-refractivity contribution in [3.63, 3.8) is 0 Å². The average molecular weight is 464 g/mol. The SMILES string of the molecule is Cc1cc2nc(N(CCN3CCOCC3)C(=O)c3cc(Cl)cc(Cl)c3)sc2cc1C. The summed E-state index contributed by atoms with van der Waals surface area (Å²) in [7, 11) is 0. The highest BCUT2D eigenvalue weighted by molar-refractivity contribution is 7.22. The summed E-state index contributed by atoms with van der Waals surface area (Å²) in [5.74, 6) is -0.153. The Bertz CT molecular complexity index is 1020. The number of nitrogens with zero attached hydrogens (tertiary/aromatic N) is 3. The number of anilines is 1. The van der Waals surface area contributed by atoms with Gasteiger partial charge in [0.25, 0.3) is 5.91 Å². The maximum atomic E-state index is 13.5. The Hall–Kier alpha value is -1.70. The van der Waals surface area contributed by atoms with Gasteiger partial charge in [-0.2, -0.15) is 0 Å². The van der Waals surface area contributed by atoms with Gasteiger partial charge in [-0.15, -0.1) is 0 Å². The van der Waals surface area contributed by atoms with Crippen molar-refractivity contribution in [2.75, 3.05) is 44.3 Å². The first-order valence-electron chi connectivity index (χ1n) is 9.86. The largest absolute Gasteiger partial charge is 0.379 e. The molecule has 30 heavy (non-hydrogen) atoms. The van der Waals surface area contributed by atoms with E-state index in [0.717, 1.165) is 43.1 Å². The van der Waals surface area contributed by atoms with Crippen LogP contribution >= 0.6 is 34.5 Å². The molecule has 5 nitrogen and oxygen atoms in total. The van der Waals surface area contributed by atoms with Gasteiger partial charge in [-0.05, 0) is 55.3 Å². The molecule has 1 aliphatic heterocycles. The number of hydrogen-bond donors (Lipinski definition) is 0. The number of ether oxygens (including phenoxy) is 1. The summed E-state index contributed by atoms with van der Waals surface area (Å²) in [6.07, 6.45) is 0. The van der Waals surface area contributed by atoms with Gasteiger partial charge in [0.1, 0.15) is 0 Å². The number of aromatic nitrogens is 1. The van der Waals surface area contributed by atoms with E-state index in [4.69, 9.17) is 32.9 Å². The minimum atomic E-state index is -0.153. The number of hydrogen-bond acceptors (Lipinski definition) is 5. The van der Waals surface area contributed by atoms with Crippen LogP contribution in [0.25, 0.3) is 10.2 Å². The van der Waals surface area contributed by atoms with Crippen LogP contribution in [0.15, 0.2) is 30.3 Å². The van der Waals surface area contributed by atoms with E-state index in [1.807, 2.05) is 0 Å². The van der Waals surface area contributed by atoms with Crippen LogP contribution in [0.4, 0.5) is 5.13 Å². The molecule has 1 amide bonds. The van der Waals surface area contributed by atoms with Gasteiger partial charge < -0.3 is 4.74 Å². The first kappa shape index (κ1) is 21.5. The van der Waals surface area contributed by atoms with Crippen LogP contribution in [-0.2, 0) is 4.74 Å². The molecule has 2 heterocycles. The molecule has 0 spiro atoms. The first-order valence-corrected chi connectivity index (χ1v) is 11.4. The van der Waals surface area contributed by atoms with Crippen molar-refractivity contribution in [2.24, 2.45) is 0 Å². The van der Waals surface area contributed by atoms with E-state index in [1.165, 1.54) is 22.5 Å². The predicted molar refractivity (Wildman–Crippen MR) is 124 cm³/mol. The second kappa shape index (κ2) is 9.20. The zero-order valence-corrected chi connectivity index (χ0v) is 19.3. The minimum Gasteiger partial charge on any atom is -0.379 e. The lowest BCUT2D eigenvalue weighted by Gasteiger charge is -2.29. The van der Waals surface area contributed by atoms with Gasteiger partial charge in [0.05, 0.1) is 23.4 Å². The van der Waals surface area contributed by atoms with E-state index >= 15 is 0 Å². The van der Waals surface area contributed by atoms with Crippen molar-refractivity contribution in [1.82, 2.24) is 9.88 Å². The monoisotopic (exact) mass is 463 g/mol. The molecule has 0 bridgehead atoms. The Morgan fingerprint density at radius 2 is 1.77 bits per heavy atom. The molecule has 0 N–H and O–H groups in total. The van der Waals surface area contributed by atoms with Crippen LogP contribution < -0.4 is 4.90 Å². The highest BCUT2D eigenvalue weighted by atomic mass is 35.5. The molecule has 0 radical (unpaired) electrons. The van der Waals surface area contributed by atoms with Crippen LogP contribution in [0.3, 0.4) is 0 Å². The molecule has 4 rings (SSSR count). The Balaban J connectivity index is 1.68.